The molecule has 0 aliphatic heterocycles. The predicted molar refractivity (Wildman–Crippen MR) is 143 cm³/mol. The van der Waals surface area contributed by atoms with Crippen molar-refractivity contribution in [3.05, 3.63) is 161 Å². The summed E-state index contributed by atoms with van der Waals surface area (Å²) in [5.74, 6) is 0. The van der Waals surface area contributed by atoms with E-state index in [1.807, 2.05) is 0 Å². The van der Waals surface area contributed by atoms with Crippen molar-refractivity contribution in [2.24, 2.45) is 0 Å². The van der Waals surface area contributed by atoms with E-state index in [0.29, 0.717) is 0 Å². The largest absolute Gasteiger partial charge is 0.0616 e. The van der Waals surface area contributed by atoms with Gasteiger partial charge in [0, 0.05) is 0 Å². The molecule has 9 rings (SSSR count). The van der Waals surface area contributed by atoms with Crippen LogP contribution in [-0.2, 0) is 6.42 Å². The van der Waals surface area contributed by atoms with Gasteiger partial charge in [-0.25, -0.2) is 0 Å². The summed E-state index contributed by atoms with van der Waals surface area (Å²) >= 11 is 0. The Morgan fingerprint density at radius 1 is 0.343 bits per heavy atom. The van der Waals surface area contributed by atoms with Gasteiger partial charge in [0.25, 0.3) is 0 Å². The Morgan fingerprint density at radius 2 is 0.771 bits per heavy atom. The van der Waals surface area contributed by atoms with Gasteiger partial charge in [-0.1, -0.05) is 97.1 Å². The van der Waals surface area contributed by atoms with Crippen LogP contribution in [0.5, 0.6) is 0 Å². The van der Waals surface area contributed by atoms with Crippen LogP contribution < -0.4 is 10.4 Å². The summed E-state index contributed by atoms with van der Waals surface area (Å²) in [6.07, 6.45) is 5.73. The fourth-order valence-corrected chi connectivity index (χ4v) is 6.87. The molecular formula is C35H20. The number of hydrogen-bond donors (Lipinski definition) is 0. The molecule has 0 aromatic heterocycles. The molecule has 0 atom stereocenters. The van der Waals surface area contributed by atoms with E-state index in [2.05, 4.69) is 109 Å². The van der Waals surface area contributed by atoms with E-state index in [-0.39, 0.29) is 0 Å². The van der Waals surface area contributed by atoms with Crippen LogP contribution in [0.15, 0.2) is 97.1 Å². The first-order valence-electron chi connectivity index (χ1n) is 12.4. The summed E-state index contributed by atoms with van der Waals surface area (Å²) in [5, 5.41) is 16.4. The fraction of sp³-hybridized carbons (Fsp3) is 0.0286. The highest BCUT2D eigenvalue weighted by Crippen LogP contribution is 2.36. The molecule has 0 saturated heterocycles. The van der Waals surface area contributed by atoms with Gasteiger partial charge < -0.3 is 0 Å². The molecule has 3 aliphatic rings. The third kappa shape index (κ3) is 2.18. The average molecular weight is 441 g/mol. The summed E-state index contributed by atoms with van der Waals surface area (Å²) in [4.78, 5) is 0. The Hall–Kier alpha value is -4.42. The summed E-state index contributed by atoms with van der Waals surface area (Å²) in [6.45, 7) is 0. The van der Waals surface area contributed by atoms with E-state index in [0.717, 1.165) is 6.42 Å². The zero-order chi connectivity index (χ0) is 22.7. The highest BCUT2D eigenvalue weighted by Gasteiger charge is 2.19. The van der Waals surface area contributed by atoms with Gasteiger partial charge in [0.05, 0.1) is 0 Å². The van der Waals surface area contributed by atoms with Crippen molar-refractivity contribution in [1.29, 1.82) is 0 Å². The summed E-state index contributed by atoms with van der Waals surface area (Å²) in [6, 6.07) is 36.3. The molecular weight excluding hydrogens is 420 g/mol. The molecule has 160 valence electrons. The van der Waals surface area contributed by atoms with Gasteiger partial charge in [-0.2, -0.15) is 0 Å². The van der Waals surface area contributed by atoms with Gasteiger partial charge >= 0.3 is 0 Å². The molecule has 0 fully saturated rings. The minimum absolute atomic E-state index is 0.997. The minimum atomic E-state index is 0.997. The highest BCUT2D eigenvalue weighted by molar-refractivity contribution is 5.97. The average Bonchev–Trinajstić information content (AvgIpc) is 3.59. The first-order valence-corrected chi connectivity index (χ1v) is 12.4. The van der Waals surface area contributed by atoms with Gasteiger partial charge in [0.1, 0.15) is 0 Å². The molecule has 0 unspecified atom stereocenters. The van der Waals surface area contributed by atoms with Gasteiger partial charge in [-0.05, 0) is 104 Å². The zero-order valence-electron chi connectivity index (χ0n) is 19.1. The Labute approximate surface area is 201 Å². The zero-order valence-corrected chi connectivity index (χ0v) is 19.1. The Morgan fingerprint density at radius 3 is 1.29 bits per heavy atom. The van der Waals surface area contributed by atoms with Crippen LogP contribution >= 0.6 is 0 Å². The van der Waals surface area contributed by atoms with Crippen molar-refractivity contribution >= 4 is 33.7 Å². The van der Waals surface area contributed by atoms with E-state index in [1.165, 1.54) is 85.5 Å². The van der Waals surface area contributed by atoms with Crippen LogP contribution in [0, 0.1) is 31.3 Å². The number of hydrogen-bond acceptors (Lipinski definition) is 0. The lowest BCUT2D eigenvalue weighted by molar-refractivity contribution is 1.27. The number of fused-ring (bicyclic) bond motifs is 12. The van der Waals surface area contributed by atoms with Crippen LogP contribution in [0.3, 0.4) is 0 Å². The normalized spacial score (nSPS) is 13.5. The first-order chi connectivity index (χ1) is 17.3. The molecule has 0 N–H and O–H groups in total. The lowest BCUT2D eigenvalue weighted by atomic mass is 9.95. The lowest BCUT2D eigenvalue weighted by Crippen LogP contribution is -1.96. The lowest BCUT2D eigenvalue weighted by Gasteiger charge is -2.08. The standard InChI is InChI=1S/C35H20/c1-3-7-22-20(5-1)17-32-24(22)9-11-28-26(32)13-15-30-31-16-14-27-29(35(31)19-34(28)30)12-10-25-23-8-4-2-6-21(23)18-33(25)27/h1-18H,19H2. The van der Waals surface area contributed by atoms with Gasteiger partial charge in [-0.15, -0.1) is 0 Å². The smallest absolute Gasteiger partial charge is 0.000111 e. The maximum atomic E-state index is 2.37. The topological polar surface area (TPSA) is 0 Å². The maximum absolute atomic E-state index is 2.37. The quantitative estimate of drug-likeness (QED) is 0.270. The maximum Gasteiger partial charge on any atom is -0.000111 e. The molecule has 0 spiro atoms. The van der Waals surface area contributed by atoms with Crippen molar-refractivity contribution in [2.75, 3.05) is 0 Å². The number of benzene rings is 6. The Bertz CT molecular complexity index is 2220. The molecule has 0 amide bonds. The molecule has 0 saturated carbocycles. The number of rotatable bonds is 0. The van der Waals surface area contributed by atoms with E-state index in [4.69, 9.17) is 0 Å². The monoisotopic (exact) mass is 440 g/mol. The fourth-order valence-electron chi connectivity index (χ4n) is 6.87. The summed E-state index contributed by atoms with van der Waals surface area (Å²) in [5.41, 5.74) is 5.70. The molecule has 6 aromatic rings. The van der Waals surface area contributed by atoms with Gasteiger partial charge in [0.2, 0.25) is 0 Å². The third-order valence-corrected chi connectivity index (χ3v) is 8.45. The van der Waals surface area contributed by atoms with Crippen LogP contribution in [0.2, 0.25) is 0 Å². The molecule has 3 aliphatic carbocycles. The molecule has 35 heavy (non-hydrogen) atoms. The summed E-state index contributed by atoms with van der Waals surface area (Å²) < 4.78 is 0. The molecule has 6 aromatic carbocycles. The molecule has 0 bridgehead atoms. The van der Waals surface area contributed by atoms with Crippen LogP contribution in [-0.4, -0.2) is 0 Å². The minimum Gasteiger partial charge on any atom is -0.0616 e. The molecule has 0 nitrogen and oxygen atoms in total. The van der Waals surface area contributed by atoms with E-state index >= 15 is 0 Å². The third-order valence-electron chi connectivity index (χ3n) is 8.45. The van der Waals surface area contributed by atoms with Crippen molar-refractivity contribution in [3.8, 4) is 0 Å². The van der Waals surface area contributed by atoms with Crippen LogP contribution in [0.4, 0.5) is 0 Å². The predicted octanol–water partition coefficient (Wildman–Crippen LogP) is 6.04. The summed E-state index contributed by atoms with van der Waals surface area (Å²) in [7, 11) is 0. The molecule has 0 heterocycles. The second-order valence-electron chi connectivity index (χ2n) is 10.1. The van der Waals surface area contributed by atoms with Crippen LogP contribution in [0.25, 0.3) is 33.7 Å². The van der Waals surface area contributed by atoms with Gasteiger partial charge in [0.15, 0.2) is 0 Å². The Balaban J connectivity index is 1.36. The Kier molecular flexibility index (Phi) is 3.17. The second kappa shape index (κ2) is 6.17. The van der Waals surface area contributed by atoms with Crippen molar-refractivity contribution in [3.63, 3.8) is 0 Å². The van der Waals surface area contributed by atoms with E-state index in [1.54, 1.807) is 0 Å². The molecule has 0 heteroatoms. The highest BCUT2D eigenvalue weighted by atomic mass is 14.2. The van der Waals surface area contributed by atoms with E-state index < -0.39 is 0 Å². The van der Waals surface area contributed by atoms with Crippen molar-refractivity contribution < 1.29 is 0 Å². The van der Waals surface area contributed by atoms with Gasteiger partial charge in [-0.3, -0.25) is 0 Å². The second-order valence-corrected chi connectivity index (χ2v) is 10.1. The first kappa shape index (κ1) is 18.0. The van der Waals surface area contributed by atoms with Crippen molar-refractivity contribution in [2.45, 2.75) is 6.42 Å². The molecule has 0 radical (unpaired) electrons. The SMILES string of the molecule is C1=c2ccccc2=c2ccc3c4c(ccc3c21)=c1ccc2c3c(ccc2c1C4)=c1ccccc1=C3. The van der Waals surface area contributed by atoms with E-state index in [9.17, 15) is 0 Å². The van der Waals surface area contributed by atoms with Crippen LogP contribution in [0.1, 0.15) is 22.3 Å². The van der Waals surface area contributed by atoms with Crippen molar-refractivity contribution in [1.82, 2.24) is 0 Å².